The minimum absolute atomic E-state index is 0.0921. The van der Waals surface area contributed by atoms with Gasteiger partial charge in [-0.3, -0.25) is 9.69 Å². The Hall–Kier alpha value is -2.06. The van der Waals surface area contributed by atoms with Gasteiger partial charge in [0.2, 0.25) is 5.91 Å². The summed E-state index contributed by atoms with van der Waals surface area (Å²) in [5, 5.41) is 11.8. The van der Waals surface area contributed by atoms with Crippen LogP contribution in [0.2, 0.25) is 0 Å². The van der Waals surface area contributed by atoms with Crippen LogP contribution in [-0.4, -0.2) is 49.1 Å². The Balaban J connectivity index is 1.89. The van der Waals surface area contributed by atoms with Crippen molar-refractivity contribution in [1.82, 2.24) is 10.2 Å². The number of benzene rings is 1. The Morgan fingerprint density at radius 2 is 1.73 bits per heavy atom. The molecule has 2 rings (SSSR count). The van der Waals surface area contributed by atoms with Gasteiger partial charge in [0, 0.05) is 37.9 Å². The van der Waals surface area contributed by atoms with Crippen LogP contribution in [0.25, 0.3) is 0 Å². The number of carbonyl (C=O) groups excluding carboxylic acids is 1. The molecule has 118 valence electrons. The fraction of sp³-hybridized carbons (Fsp3) is 0.529. The molecule has 1 amide bonds. The summed E-state index contributed by atoms with van der Waals surface area (Å²) in [6.07, 6.45) is 0. The van der Waals surface area contributed by atoms with E-state index in [1.165, 1.54) is 0 Å². The Morgan fingerprint density at radius 1 is 1.14 bits per heavy atom. The number of piperazine rings is 1. The second-order valence-corrected chi connectivity index (χ2v) is 6.02. The summed E-state index contributed by atoms with van der Waals surface area (Å²) >= 11 is 0. The van der Waals surface area contributed by atoms with Crippen molar-refractivity contribution in [3.05, 3.63) is 29.8 Å². The Kier molecular flexibility index (Phi) is 5.40. The molecule has 0 radical (unpaired) electrons. The molecule has 22 heavy (non-hydrogen) atoms. The van der Waals surface area contributed by atoms with Crippen molar-refractivity contribution in [2.75, 3.05) is 31.1 Å². The first-order chi connectivity index (χ1) is 10.5. The van der Waals surface area contributed by atoms with Crippen molar-refractivity contribution >= 4 is 11.6 Å². The second kappa shape index (κ2) is 7.28. The molecule has 0 aromatic heterocycles. The molecule has 1 aromatic carbocycles. The standard InChI is InChI=1S/C17H24N4O/c1-13(2)19-17(22)14(3)20-8-10-21(11-9-20)16-6-4-15(12-18)5-7-16/h4-7,13-14H,8-11H2,1-3H3,(H,19,22). The van der Waals surface area contributed by atoms with Crippen LogP contribution in [0.15, 0.2) is 24.3 Å². The van der Waals surface area contributed by atoms with Crippen LogP contribution < -0.4 is 10.2 Å². The Labute approximate surface area is 132 Å². The monoisotopic (exact) mass is 300 g/mol. The van der Waals surface area contributed by atoms with Crippen LogP contribution in [0.5, 0.6) is 0 Å². The van der Waals surface area contributed by atoms with E-state index in [-0.39, 0.29) is 18.0 Å². The van der Waals surface area contributed by atoms with Gasteiger partial charge in [-0.15, -0.1) is 0 Å². The SMILES string of the molecule is CC(C)NC(=O)C(C)N1CCN(c2ccc(C#N)cc2)CC1. The van der Waals surface area contributed by atoms with Crippen LogP contribution in [0.1, 0.15) is 26.3 Å². The van der Waals surface area contributed by atoms with E-state index >= 15 is 0 Å². The number of amides is 1. The predicted octanol–water partition coefficient (Wildman–Crippen LogP) is 1.59. The molecular weight excluding hydrogens is 276 g/mol. The highest BCUT2D eigenvalue weighted by atomic mass is 16.2. The van der Waals surface area contributed by atoms with Crippen LogP contribution >= 0.6 is 0 Å². The molecule has 1 aliphatic heterocycles. The summed E-state index contributed by atoms with van der Waals surface area (Å²) < 4.78 is 0. The van der Waals surface area contributed by atoms with Gasteiger partial charge >= 0.3 is 0 Å². The van der Waals surface area contributed by atoms with Crippen molar-refractivity contribution in [3.8, 4) is 6.07 Å². The summed E-state index contributed by atoms with van der Waals surface area (Å²) in [5.74, 6) is 0.0989. The molecule has 1 aromatic rings. The van der Waals surface area contributed by atoms with E-state index in [9.17, 15) is 4.79 Å². The zero-order valence-electron chi connectivity index (χ0n) is 13.5. The number of nitriles is 1. The Bertz CT molecular complexity index is 539. The quantitative estimate of drug-likeness (QED) is 0.917. The van der Waals surface area contributed by atoms with Gasteiger partial charge < -0.3 is 10.2 Å². The average molecular weight is 300 g/mol. The highest BCUT2D eigenvalue weighted by Gasteiger charge is 2.25. The largest absolute Gasteiger partial charge is 0.369 e. The van der Waals surface area contributed by atoms with E-state index in [1.807, 2.05) is 45.0 Å². The third kappa shape index (κ3) is 3.99. The van der Waals surface area contributed by atoms with Crippen molar-refractivity contribution in [2.24, 2.45) is 0 Å². The summed E-state index contributed by atoms with van der Waals surface area (Å²) in [5.41, 5.74) is 1.82. The molecule has 0 spiro atoms. The zero-order chi connectivity index (χ0) is 16.1. The number of rotatable bonds is 4. The molecule has 1 heterocycles. The fourth-order valence-electron chi connectivity index (χ4n) is 2.69. The second-order valence-electron chi connectivity index (χ2n) is 6.02. The average Bonchev–Trinajstić information content (AvgIpc) is 2.54. The van der Waals surface area contributed by atoms with Crippen LogP contribution in [0.3, 0.4) is 0 Å². The van der Waals surface area contributed by atoms with Gasteiger partial charge in [-0.25, -0.2) is 0 Å². The molecule has 1 N–H and O–H groups in total. The fourth-order valence-corrected chi connectivity index (χ4v) is 2.69. The summed E-state index contributed by atoms with van der Waals surface area (Å²) in [7, 11) is 0. The molecule has 1 aliphatic rings. The number of hydrogen-bond donors (Lipinski definition) is 1. The Morgan fingerprint density at radius 3 is 2.23 bits per heavy atom. The maximum atomic E-state index is 12.1. The maximum Gasteiger partial charge on any atom is 0.237 e. The summed E-state index contributed by atoms with van der Waals surface area (Å²) in [6.45, 7) is 9.45. The van der Waals surface area contributed by atoms with E-state index in [1.54, 1.807) is 0 Å². The molecule has 1 saturated heterocycles. The summed E-state index contributed by atoms with van der Waals surface area (Å²) in [6, 6.07) is 9.89. The van der Waals surface area contributed by atoms with Gasteiger partial charge in [0.25, 0.3) is 0 Å². The van der Waals surface area contributed by atoms with Crippen LogP contribution in [0.4, 0.5) is 5.69 Å². The lowest BCUT2D eigenvalue weighted by atomic mass is 10.1. The van der Waals surface area contributed by atoms with Crippen molar-refractivity contribution in [3.63, 3.8) is 0 Å². The summed E-state index contributed by atoms with van der Waals surface area (Å²) in [4.78, 5) is 16.6. The molecule has 0 saturated carbocycles. The van der Waals surface area contributed by atoms with Crippen molar-refractivity contribution in [2.45, 2.75) is 32.9 Å². The molecule has 1 unspecified atom stereocenters. The number of nitrogens with one attached hydrogen (secondary N) is 1. The lowest BCUT2D eigenvalue weighted by Crippen LogP contribution is -2.54. The van der Waals surface area contributed by atoms with E-state index in [2.05, 4.69) is 21.2 Å². The number of carbonyl (C=O) groups is 1. The highest BCUT2D eigenvalue weighted by Crippen LogP contribution is 2.18. The lowest BCUT2D eigenvalue weighted by molar-refractivity contribution is -0.126. The van der Waals surface area contributed by atoms with Gasteiger partial charge in [-0.1, -0.05) is 0 Å². The first kappa shape index (κ1) is 16.3. The highest BCUT2D eigenvalue weighted by molar-refractivity contribution is 5.81. The van der Waals surface area contributed by atoms with Gasteiger partial charge in [-0.2, -0.15) is 5.26 Å². The van der Waals surface area contributed by atoms with E-state index < -0.39 is 0 Å². The molecule has 1 atom stereocenters. The first-order valence-electron chi connectivity index (χ1n) is 7.81. The third-order valence-electron chi connectivity index (χ3n) is 4.03. The van der Waals surface area contributed by atoms with E-state index in [0.29, 0.717) is 5.56 Å². The molecular formula is C17H24N4O. The van der Waals surface area contributed by atoms with Gasteiger partial charge in [0.1, 0.15) is 0 Å². The van der Waals surface area contributed by atoms with Crippen molar-refractivity contribution < 1.29 is 4.79 Å². The molecule has 5 nitrogen and oxygen atoms in total. The number of anilines is 1. The maximum absolute atomic E-state index is 12.1. The van der Waals surface area contributed by atoms with Gasteiger partial charge in [0.15, 0.2) is 0 Å². The minimum atomic E-state index is -0.0921. The molecule has 1 fully saturated rings. The topological polar surface area (TPSA) is 59.4 Å². The van der Waals surface area contributed by atoms with E-state index in [0.717, 1.165) is 31.9 Å². The molecule has 0 bridgehead atoms. The van der Waals surface area contributed by atoms with Crippen LogP contribution in [0, 0.1) is 11.3 Å². The van der Waals surface area contributed by atoms with Crippen molar-refractivity contribution in [1.29, 1.82) is 5.26 Å². The number of nitrogens with zero attached hydrogens (tertiary/aromatic N) is 3. The lowest BCUT2D eigenvalue weighted by Gasteiger charge is -2.38. The first-order valence-corrected chi connectivity index (χ1v) is 7.81. The number of hydrogen-bond acceptors (Lipinski definition) is 4. The smallest absolute Gasteiger partial charge is 0.237 e. The zero-order valence-corrected chi connectivity index (χ0v) is 13.5. The van der Waals surface area contributed by atoms with Gasteiger partial charge in [0.05, 0.1) is 17.7 Å². The van der Waals surface area contributed by atoms with Crippen LogP contribution in [-0.2, 0) is 4.79 Å². The molecule has 0 aliphatic carbocycles. The predicted molar refractivity (Wildman–Crippen MR) is 87.7 cm³/mol. The van der Waals surface area contributed by atoms with E-state index in [4.69, 9.17) is 5.26 Å². The minimum Gasteiger partial charge on any atom is -0.369 e. The third-order valence-corrected chi connectivity index (χ3v) is 4.03. The van der Waals surface area contributed by atoms with Gasteiger partial charge in [-0.05, 0) is 45.0 Å². The molecule has 5 heteroatoms. The normalized spacial score (nSPS) is 17.1.